The first kappa shape index (κ1) is 28.0. The number of pyridine rings is 1. The molecule has 11 heteroatoms. The van der Waals surface area contributed by atoms with E-state index in [2.05, 4.69) is 4.98 Å². The molecule has 0 bridgehead atoms. The maximum absolute atomic E-state index is 13.3. The molecule has 0 amide bonds. The Labute approximate surface area is 237 Å². The highest BCUT2D eigenvalue weighted by molar-refractivity contribution is 7.90. The van der Waals surface area contributed by atoms with Crippen LogP contribution in [0, 0.1) is 0 Å². The number of nitrogens with zero attached hydrogens (tertiary/aromatic N) is 1. The van der Waals surface area contributed by atoms with Crippen molar-refractivity contribution in [1.29, 1.82) is 0 Å². The quantitative estimate of drug-likeness (QED) is 0.246. The van der Waals surface area contributed by atoms with Crippen molar-refractivity contribution < 1.29 is 26.4 Å². The van der Waals surface area contributed by atoms with Crippen molar-refractivity contribution in [2.24, 2.45) is 5.14 Å². The predicted octanol–water partition coefficient (Wildman–Crippen LogP) is 4.75. The first-order valence-electron chi connectivity index (χ1n) is 12.3. The summed E-state index contributed by atoms with van der Waals surface area (Å²) in [5.41, 5.74) is 7.72. The molecular weight excluding hydrogens is 562 g/mol. The number of ether oxygens (including phenoxy) is 1. The molecule has 0 aliphatic heterocycles. The van der Waals surface area contributed by atoms with E-state index in [9.17, 15) is 21.6 Å². The average molecular weight is 588 g/mol. The molecule has 1 aromatic heterocycles. The number of aromatic nitrogens is 1. The molecule has 0 unspecified atom stereocenters. The molecule has 0 radical (unpaired) electrons. The summed E-state index contributed by atoms with van der Waals surface area (Å²) in [5, 5.41) is 6.93. The molecular formula is C30H25N3O6S2. The second-order valence-corrected chi connectivity index (χ2v) is 13.0. The topological polar surface area (TPSA) is 160 Å². The number of Topliss-reactive ketones (excluding diaryl/α,β-unsaturated/α-hetero) is 1. The lowest BCUT2D eigenvalue weighted by Crippen LogP contribution is -2.13. The zero-order valence-corrected chi connectivity index (χ0v) is 23.4. The van der Waals surface area contributed by atoms with Crippen molar-refractivity contribution >= 4 is 42.2 Å². The normalized spacial score (nSPS) is 11.9. The van der Waals surface area contributed by atoms with Crippen LogP contribution in [0.4, 0.5) is 5.82 Å². The van der Waals surface area contributed by atoms with Crippen molar-refractivity contribution in [3.63, 3.8) is 0 Å². The molecule has 0 saturated carbocycles. The highest BCUT2D eigenvalue weighted by Crippen LogP contribution is 2.32. The number of carbonyl (C=O) groups excluding carboxylic acids is 1. The van der Waals surface area contributed by atoms with Gasteiger partial charge in [0.05, 0.1) is 9.79 Å². The van der Waals surface area contributed by atoms with Crippen LogP contribution < -0.4 is 15.6 Å². The Balaban J connectivity index is 1.46. The van der Waals surface area contributed by atoms with Crippen LogP contribution in [0.3, 0.4) is 0 Å². The minimum Gasteiger partial charge on any atom is -0.457 e. The van der Waals surface area contributed by atoms with Gasteiger partial charge in [-0.1, -0.05) is 48.5 Å². The minimum absolute atomic E-state index is 0.0234. The van der Waals surface area contributed by atoms with Crippen LogP contribution in [0.5, 0.6) is 11.5 Å². The highest BCUT2D eigenvalue weighted by atomic mass is 32.2. The van der Waals surface area contributed by atoms with Crippen LogP contribution in [-0.4, -0.2) is 33.9 Å². The summed E-state index contributed by atoms with van der Waals surface area (Å²) >= 11 is 0. The van der Waals surface area contributed by atoms with Gasteiger partial charge in [-0.15, -0.1) is 0 Å². The van der Waals surface area contributed by atoms with Crippen LogP contribution >= 0.6 is 0 Å². The number of primary sulfonamides is 1. The number of hydrogen-bond donors (Lipinski definition) is 2. The Kier molecular flexibility index (Phi) is 7.35. The Hall–Kier alpha value is -4.58. The SMILES string of the molecule is CS(=O)(=O)c1ccc(Oc2ccc3ccnc(N)c3c2)c(CC(=O)c2ccc(-c3ccccc3S(N)(=O)=O)cc2)c1. The summed E-state index contributed by atoms with van der Waals surface area (Å²) in [6, 6.07) is 24.2. The Morgan fingerprint density at radius 2 is 1.61 bits per heavy atom. The fourth-order valence-electron chi connectivity index (χ4n) is 4.45. The zero-order valence-electron chi connectivity index (χ0n) is 21.8. The largest absolute Gasteiger partial charge is 0.457 e. The summed E-state index contributed by atoms with van der Waals surface area (Å²) in [5.74, 6) is 0.798. The summed E-state index contributed by atoms with van der Waals surface area (Å²) in [7, 11) is -7.50. The molecule has 9 nitrogen and oxygen atoms in total. The zero-order chi connectivity index (χ0) is 29.4. The van der Waals surface area contributed by atoms with Gasteiger partial charge in [-0.3, -0.25) is 4.79 Å². The van der Waals surface area contributed by atoms with E-state index in [4.69, 9.17) is 15.6 Å². The fourth-order valence-corrected chi connectivity index (χ4v) is 5.88. The van der Waals surface area contributed by atoms with Crippen molar-refractivity contribution in [3.05, 3.63) is 108 Å². The van der Waals surface area contributed by atoms with E-state index >= 15 is 0 Å². The molecule has 41 heavy (non-hydrogen) atoms. The predicted molar refractivity (Wildman–Crippen MR) is 157 cm³/mol. The van der Waals surface area contributed by atoms with E-state index in [1.54, 1.807) is 60.8 Å². The number of fused-ring (bicyclic) bond motifs is 1. The van der Waals surface area contributed by atoms with Crippen LogP contribution in [0.15, 0.2) is 107 Å². The Morgan fingerprint density at radius 1 is 0.878 bits per heavy atom. The number of ketones is 1. The number of nitrogen functional groups attached to an aromatic ring is 1. The summed E-state index contributed by atoms with van der Waals surface area (Å²) in [4.78, 5) is 17.5. The number of carbonyl (C=O) groups is 1. The molecule has 0 atom stereocenters. The number of sulfonamides is 1. The number of nitrogens with two attached hydrogens (primary N) is 2. The third kappa shape index (κ3) is 6.12. The minimum atomic E-state index is -3.95. The molecule has 0 fully saturated rings. The molecule has 0 aliphatic rings. The summed E-state index contributed by atoms with van der Waals surface area (Å²) in [6.07, 6.45) is 2.55. The fraction of sp³-hybridized carbons (Fsp3) is 0.0667. The van der Waals surface area contributed by atoms with Crippen LogP contribution in [-0.2, 0) is 26.3 Å². The number of benzene rings is 4. The standard InChI is InChI=1S/C30H25N3O6S2/c1-40(35,36)24-12-13-28(39-23-11-10-20-14-15-33-30(31)26(20)18-23)22(16-24)17-27(34)21-8-6-19(7-9-21)25-4-2-3-5-29(25)41(32,37)38/h2-16,18H,17H2,1H3,(H2,31,33)(H2,32,37,38). The van der Waals surface area contributed by atoms with Gasteiger partial charge in [-0.05, 0) is 53.4 Å². The van der Waals surface area contributed by atoms with E-state index in [0.717, 1.165) is 11.6 Å². The number of anilines is 1. The van der Waals surface area contributed by atoms with Gasteiger partial charge in [0.25, 0.3) is 0 Å². The third-order valence-electron chi connectivity index (χ3n) is 6.52. The molecule has 208 valence electrons. The van der Waals surface area contributed by atoms with Gasteiger partial charge in [0.15, 0.2) is 15.6 Å². The summed E-state index contributed by atoms with van der Waals surface area (Å²) < 4.78 is 54.6. The highest BCUT2D eigenvalue weighted by Gasteiger charge is 2.18. The number of sulfone groups is 1. The second-order valence-electron chi connectivity index (χ2n) is 9.44. The van der Waals surface area contributed by atoms with Gasteiger partial charge in [-0.2, -0.15) is 0 Å². The first-order chi connectivity index (χ1) is 19.4. The Morgan fingerprint density at radius 3 is 2.32 bits per heavy atom. The maximum Gasteiger partial charge on any atom is 0.238 e. The molecule has 0 aliphatic carbocycles. The lowest BCUT2D eigenvalue weighted by atomic mass is 9.99. The van der Waals surface area contributed by atoms with E-state index in [-0.39, 0.29) is 22.0 Å². The lowest BCUT2D eigenvalue weighted by molar-refractivity contribution is 0.0992. The Bertz CT molecular complexity index is 2020. The van der Waals surface area contributed by atoms with Crippen LogP contribution in [0.1, 0.15) is 15.9 Å². The van der Waals surface area contributed by atoms with Crippen molar-refractivity contribution in [2.75, 3.05) is 12.0 Å². The smallest absolute Gasteiger partial charge is 0.238 e. The van der Waals surface area contributed by atoms with Gasteiger partial charge < -0.3 is 10.5 Å². The van der Waals surface area contributed by atoms with Crippen molar-refractivity contribution in [1.82, 2.24) is 4.98 Å². The average Bonchev–Trinajstić information content (AvgIpc) is 2.93. The van der Waals surface area contributed by atoms with Gasteiger partial charge >= 0.3 is 0 Å². The molecule has 0 spiro atoms. The van der Waals surface area contributed by atoms with E-state index in [1.165, 1.54) is 24.3 Å². The summed E-state index contributed by atoms with van der Waals surface area (Å²) in [6.45, 7) is 0. The van der Waals surface area contributed by atoms with Crippen LogP contribution in [0.2, 0.25) is 0 Å². The maximum atomic E-state index is 13.3. The second kappa shape index (κ2) is 10.8. The van der Waals surface area contributed by atoms with Gasteiger partial charge in [-0.25, -0.2) is 27.0 Å². The van der Waals surface area contributed by atoms with E-state index in [0.29, 0.717) is 45.0 Å². The molecule has 4 N–H and O–H groups in total. The van der Waals surface area contributed by atoms with Crippen molar-refractivity contribution in [2.45, 2.75) is 16.2 Å². The molecule has 5 rings (SSSR count). The van der Waals surface area contributed by atoms with Gasteiger partial charge in [0.1, 0.15) is 17.3 Å². The molecule has 5 aromatic rings. The number of hydrogen-bond acceptors (Lipinski definition) is 8. The molecule has 0 saturated heterocycles. The third-order valence-corrected chi connectivity index (χ3v) is 8.60. The van der Waals surface area contributed by atoms with Gasteiger partial charge in [0.2, 0.25) is 10.0 Å². The van der Waals surface area contributed by atoms with E-state index < -0.39 is 19.9 Å². The first-order valence-corrected chi connectivity index (χ1v) is 15.7. The van der Waals surface area contributed by atoms with Crippen LogP contribution in [0.25, 0.3) is 21.9 Å². The molecule has 4 aromatic carbocycles. The van der Waals surface area contributed by atoms with Gasteiger partial charge in [0, 0.05) is 41.0 Å². The lowest BCUT2D eigenvalue weighted by Gasteiger charge is -2.14. The molecule has 1 heterocycles. The monoisotopic (exact) mass is 587 g/mol. The number of rotatable bonds is 8. The van der Waals surface area contributed by atoms with Crippen molar-refractivity contribution in [3.8, 4) is 22.6 Å². The van der Waals surface area contributed by atoms with E-state index in [1.807, 2.05) is 12.1 Å².